The Balaban J connectivity index is 1.40. The molecule has 1 saturated heterocycles. The fourth-order valence-electron chi connectivity index (χ4n) is 6.86. The molecule has 0 bridgehead atoms. The first kappa shape index (κ1) is 35.6. The van der Waals surface area contributed by atoms with Gasteiger partial charge in [-0.1, -0.05) is 91.4 Å². The molecule has 1 aliphatic heterocycles. The molecule has 3 unspecified atom stereocenters. The lowest BCUT2D eigenvalue weighted by Gasteiger charge is -2.44. The van der Waals surface area contributed by atoms with Crippen LogP contribution in [-0.2, 0) is 23.8 Å². The molecular formula is C34H61N3O6. The van der Waals surface area contributed by atoms with E-state index in [1.54, 1.807) is 13.8 Å². The highest BCUT2D eigenvalue weighted by molar-refractivity contribution is 5.82. The molecule has 0 aromatic heterocycles. The Morgan fingerprint density at radius 1 is 0.860 bits per heavy atom. The van der Waals surface area contributed by atoms with Crippen molar-refractivity contribution in [3.05, 3.63) is 0 Å². The number of unbranched alkanes of at least 4 members (excludes halogenated alkanes) is 7. The van der Waals surface area contributed by atoms with Crippen molar-refractivity contribution < 1.29 is 28.6 Å². The van der Waals surface area contributed by atoms with E-state index >= 15 is 0 Å². The molecule has 3 fully saturated rings. The number of hydrogen-bond donors (Lipinski definition) is 3. The summed E-state index contributed by atoms with van der Waals surface area (Å²) >= 11 is 0. The number of hydrogen-bond acceptors (Lipinski definition) is 6. The monoisotopic (exact) mass is 607 g/mol. The molecule has 3 aliphatic rings. The van der Waals surface area contributed by atoms with Gasteiger partial charge >= 0.3 is 12.0 Å². The third-order valence-electron chi connectivity index (χ3n) is 9.52. The Labute approximate surface area is 260 Å². The van der Waals surface area contributed by atoms with Gasteiger partial charge in [0.15, 0.2) is 5.79 Å². The van der Waals surface area contributed by atoms with Gasteiger partial charge in [-0.15, -0.1) is 0 Å². The second kappa shape index (κ2) is 17.0. The molecule has 43 heavy (non-hydrogen) atoms. The first-order valence-corrected chi connectivity index (χ1v) is 17.3. The van der Waals surface area contributed by atoms with E-state index in [-0.39, 0.29) is 48.6 Å². The van der Waals surface area contributed by atoms with Crippen LogP contribution >= 0.6 is 0 Å². The summed E-state index contributed by atoms with van der Waals surface area (Å²) in [4.78, 5) is 38.8. The van der Waals surface area contributed by atoms with Crippen LogP contribution in [0, 0.1) is 5.41 Å². The van der Waals surface area contributed by atoms with E-state index < -0.39 is 17.3 Å². The van der Waals surface area contributed by atoms with Gasteiger partial charge in [-0.05, 0) is 52.4 Å². The molecule has 3 rings (SSSR count). The average molecular weight is 608 g/mol. The summed E-state index contributed by atoms with van der Waals surface area (Å²) in [7, 11) is 0. The number of nitrogens with one attached hydrogen (secondary N) is 3. The molecule has 9 heteroatoms. The molecule has 0 radical (unpaired) electrons. The van der Waals surface area contributed by atoms with E-state index in [0.717, 1.165) is 64.2 Å². The average Bonchev–Trinajstić information content (AvgIpc) is 3.40. The number of carbonyl (C=O) groups is 3. The summed E-state index contributed by atoms with van der Waals surface area (Å²) in [5.74, 6) is -1.46. The van der Waals surface area contributed by atoms with E-state index in [1.807, 2.05) is 13.8 Å². The maximum atomic E-state index is 13.2. The smallest absolute Gasteiger partial charge is 0.315 e. The highest BCUT2D eigenvalue weighted by Crippen LogP contribution is 2.36. The zero-order valence-corrected chi connectivity index (χ0v) is 27.8. The number of ether oxygens (including phenoxy) is 3. The number of esters is 1. The number of amides is 3. The topological polar surface area (TPSA) is 115 Å². The quantitative estimate of drug-likeness (QED) is 0.133. The minimum Gasteiger partial charge on any atom is -0.460 e. The second-order valence-corrected chi connectivity index (χ2v) is 14.4. The van der Waals surface area contributed by atoms with Gasteiger partial charge in [0.1, 0.15) is 12.2 Å². The van der Waals surface area contributed by atoms with Crippen molar-refractivity contribution in [1.29, 1.82) is 0 Å². The number of carbonyl (C=O) groups excluding carboxylic acids is 3. The molecule has 0 aromatic rings. The lowest BCUT2D eigenvalue weighted by Crippen LogP contribution is -2.56. The predicted molar refractivity (Wildman–Crippen MR) is 169 cm³/mol. The Kier molecular flexibility index (Phi) is 14.1. The Hall–Kier alpha value is -1.87. The molecule has 3 amide bonds. The second-order valence-electron chi connectivity index (χ2n) is 14.4. The standard InChI is InChI=1S/C34H61N3O6/c1-6-7-8-9-10-11-12-15-21-34(22-16-17-23-34)37-31(40)36-26-18-13-14-19-27(26)42-28(38)20-24-35-30(39)29-32(2,3)25-41-33(4,5)43-29/h26-27,29H,6-25H2,1-5H3,(H,35,39)(H2,36,37,40). The highest BCUT2D eigenvalue weighted by atomic mass is 16.7. The van der Waals surface area contributed by atoms with E-state index in [4.69, 9.17) is 14.2 Å². The summed E-state index contributed by atoms with van der Waals surface area (Å²) in [5, 5.41) is 9.37. The molecule has 3 atom stereocenters. The third-order valence-corrected chi connectivity index (χ3v) is 9.52. The molecule has 0 aromatic carbocycles. The van der Waals surface area contributed by atoms with E-state index in [1.165, 1.54) is 44.9 Å². The van der Waals surface area contributed by atoms with Crippen molar-refractivity contribution in [3.63, 3.8) is 0 Å². The Bertz CT molecular complexity index is 885. The molecule has 248 valence electrons. The minimum absolute atomic E-state index is 0.0654. The zero-order chi connectivity index (χ0) is 31.3. The molecule has 0 spiro atoms. The van der Waals surface area contributed by atoms with Crippen LogP contribution in [0.15, 0.2) is 0 Å². The summed E-state index contributed by atoms with van der Waals surface area (Å²) < 4.78 is 17.4. The lowest BCUT2D eigenvalue weighted by molar-refractivity contribution is -0.304. The number of urea groups is 1. The Morgan fingerprint density at radius 2 is 1.51 bits per heavy atom. The summed E-state index contributed by atoms with van der Waals surface area (Å²) in [6.07, 6.45) is 18.3. The van der Waals surface area contributed by atoms with Gasteiger partial charge in [0.25, 0.3) is 0 Å². The van der Waals surface area contributed by atoms with Crippen LogP contribution in [0.5, 0.6) is 0 Å². The maximum absolute atomic E-state index is 13.2. The van der Waals surface area contributed by atoms with Gasteiger partial charge in [0.05, 0.1) is 19.1 Å². The van der Waals surface area contributed by atoms with E-state index in [0.29, 0.717) is 6.61 Å². The minimum atomic E-state index is -0.837. The molecular weight excluding hydrogens is 546 g/mol. The molecule has 3 N–H and O–H groups in total. The predicted octanol–water partition coefficient (Wildman–Crippen LogP) is 6.67. The molecule has 1 heterocycles. The van der Waals surface area contributed by atoms with Crippen molar-refractivity contribution in [1.82, 2.24) is 16.0 Å². The molecule has 9 nitrogen and oxygen atoms in total. The van der Waals surface area contributed by atoms with Crippen molar-refractivity contribution >= 4 is 17.9 Å². The van der Waals surface area contributed by atoms with Gasteiger partial charge in [-0.25, -0.2) is 4.79 Å². The van der Waals surface area contributed by atoms with Crippen LogP contribution < -0.4 is 16.0 Å². The summed E-state index contributed by atoms with van der Waals surface area (Å²) in [5.41, 5.74) is -0.587. The lowest BCUT2D eigenvalue weighted by atomic mass is 9.85. The Morgan fingerprint density at radius 3 is 2.21 bits per heavy atom. The zero-order valence-electron chi connectivity index (χ0n) is 27.8. The summed E-state index contributed by atoms with van der Waals surface area (Å²) in [6, 6.07) is -0.337. The van der Waals surface area contributed by atoms with Crippen LogP contribution in [0.4, 0.5) is 4.79 Å². The van der Waals surface area contributed by atoms with Crippen molar-refractivity contribution in [2.75, 3.05) is 13.2 Å². The van der Waals surface area contributed by atoms with Crippen LogP contribution in [0.3, 0.4) is 0 Å². The highest BCUT2D eigenvalue weighted by Gasteiger charge is 2.45. The van der Waals surface area contributed by atoms with Gasteiger partial charge in [-0.2, -0.15) is 0 Å². The number of rotatable bonds is 16. The van der Waals surface area contributed by atoms with Crippen LogP contribution in [0.1, 0.15) is 150 Å². The normalized spacial score (nSPS) is 25.9. The van der Waals surface area contributed by atoms with Gasteiger partial charge in [0.2, 0.25) is 5.91 Å². The third kappa shape index (κ3) is 11.9. The van der Waals surface area contributed by atoms with Crippen molar-refractivity contribution in [3.8, 4) is 0 Å². The van der Waals surface area contributed by atoms with E-state index in [2.05, 4.69) is 22.9 Å². The first-order valence-electron chi connectivity index (χ1n) is 17.3. The van der Waals surface area contributed by atoms with Crippen LogP contribution in [-0.4, -0.2) is 60.6 Å². The van der Waals surface area contributed by atoms with E-state index in [9.17, 15) is 14.4 Å². The van der Waals surface area contributed by atoms with Gasteiger partial charge in [-0.3, -0.25) is 9.59 Å². The van der Waals surface area contributed by atoms with Crippen molar-refractivity contribution in [2.24, 2.45) is 5.41 Å². The summed E-state index contributed by atoms with van der Waals surface area (Å²) in [6.45, 7) is 10.3. The first-order chi connectivity index (χ1) is 20.5. The molecule has 2 aliphatic carbocycles. The SMILES string of the molecule is CCCCCCCCCCC1(NC(=O)NC2CCCCC2OC(=O)CCNC(=O)C2OC(C)(C)OCC2(C)C)CCCC1. The van der Waals surface area contributed by atoms with Crippen LogP contribution in [0.25, 0.3) is 0 Å². The van der Waals surface area contributed by atoms with Gasteiger partial charge < -0.3 is 30.2 Å². The maximum Gasteiger partial charge on any atom is 0.315 e. The fraction of sp³-hybridized carbons (Fsp3) is 0.912. The van der Waals surface area contributed by atoms with Gasteiger partial charge in [0, 0.05) is 17.5 Å². The largest absolute Gasteiger partial charge is 0.460 e. The van der Waals surface area contributed by atoms with Crippen LogP contribution in [0.2, 0.25) is 0 Å². The molecule has 2 saturated carbocycles. The fourth-order valence-corrected chi connectivity index (χ4v) is 6.86. The van der Waals surface area contributed by atoms with Crippen molar-refractivity contribution in [2.45, 2.75) is 180 Å².